The molecule has 0 spiro atoms. The molecule has 0 unspecified atom stereocenters. The molecule has 6 nitrogen and oxygen atoms in total. The van der Waals surface area contributed by atoms with Crippen LogP contribution in [0, 0.1) is 15.9 Å². The van der Waals surface area contributed by atoms with E-state index in [4.69, 9.17) is 4.74 Å². The molecule has 1 aromatic carbocycles. The van der Waals surface area contributed by atoms with Crippen LogP contribution in [-0.2, 0) is 4.74 Å². The van der Waals surface area contributed by atoms with Crippen molar-refractivity contribution >= 4 is 11.4 Å². The molecule has 1 saturated heterocycles. The normalized spacial score (nSPS) is 16.1. The largest absolute Gasteiger partial charge is 0.380 e. The highest BCUT2D eigenvalue weighted by Gasteiger charge is 2.13. The van der Waals surface area contributed by atoms with Crippen LogP contribution < -0.4 is 10.6 Å². The van der Waals surface area contributed by atoms with E-state index in [0.717, 1.165) is 32.0 Å². The zero-order valence-electron chi connectivity index (χ0n) is 11.1. The van der Waals surface area contributed by atoms with Gasteiger partial charge < -0.3 is 15.4 Å². The van der Waals surface area contributed by atoms with Crippen molar-refractivity contribution in [2.45, 2.75) is 18.9 Å². The minimum absolute atomic E-state index is 0.251. The van der Waals surface area contributed by atoms with Crippen molar-refractivity contribution in [1.29, 1.82) is 0 Å². The lowest BCUT2D eigenvalue weighted by atomic mass is 10.1. The topological polar surface area (TPSA) is 76.4 Å². The number of nitrogens with one attached hydrogen (secondary N) is 2. The summed E-state index contributed by atoms with van der Waals surface area (Å²) < 4.78 is 19.2. The maximum absolute atomic E-state index is 13.6. The third kappa shape index (κ3) is 4.14. The van der Waals surface area contributed by atoms with E-state index in [1.165, 1.54) is 12.1 Å². The number of anilines is 1. The van der Waals surface area contributed by atoms with E-state index in [1.54, 1.807) is 0 Å². The number of hydrogen-bond acceptors (Lipinski definition) is 5. The highest BCUT2D eigenvalue weighted by Crippen LogP contribution is 2.20. The fourth-order valence-corrected chi connectivity index (χ4v) is 2.13. The van der Waals surface area contributed by atoms with Crippen molar-refractivity contribution in [3.8, 4) is 0 Å². The maximum atomic E-state index is 13.6. The van der Waals surface area contributed by atoms with Crippen LogP contribution in [0.3, 0.4) is 0 Å². The smallest absolute Gasteiger partial charge is 0.272 e. The first-order valence-electron chi connectivity index (χ1n) is 6.67. The van der Waals surface area contributed by atoms with Gasteiger partial charge in [0.25, 0.3) is 5.69 Å². The molecule has 0 atom stereocenters. The minimum Gasteiger partial charge on any atom is -0.380 e. The number of nitro groups is 1. The number of ether oxygens (including phenoxy) is 1. The Labute approximate surface area is 116 Å². The van der Waals surface area contributed by atoms with Gasteiger partial charge in [0.15, 0.2) is 5.82 Å². The summed E-state index contributed by atoms with van der Waals surface area (Å²) in [4.78, 5) is 9.88. The third-order valence-electron chi connectivity index (χ3n) is 3.22. The first-order valence-corrected chi connectivity index (χ1v) is 6.67. The summed E-state index contributed by atoms with van der Waals surface area (Å²) in [5.41, 5.74) is 0.00326. The lowest BCUT2D eigenvalue weighted by Gasteiger charge is -2.23. The zero-order chi connectivity index (χ0) is 14.4. The molecule has 0 bridgehead atoms. The molecule has 2 N–H and O–H groups in total. The second-order valence-electron chi connectivity index (χ2n) is 4.67. The van der Waals surface area contributed by atoms with Crippen molar-refractivity contribution in [1.82, 2.24) is 5.32 Å². The molecule has 1 aromatic rings. The van der Waals surface area contributed by atoms with Crippen LogP contribution in [0.2, 0.25) is 0 Å². The number of non-ortho nitro benzene ring substituents is 1. The Morgan fingerprint density at radius 2 is 2.20 bits per heavy atom. The molecular weight excluding hydrogens is 265 g/mol. The van der Waals surface area contributed by atoms with Crippen molar-refractivity contribution in [3.63, 3.8) is 0 Å². The fourth-order valence-electron chi connectivity index (χ4n) is 2.13. The van der Waals surface area contributed by atoms with Gasteiger partial charge in [0.2, 0.25) is 0 Å². The summed E-state index contributed by atoms with van der Waals surface area (Å²) in [6.07, 6.45) is 2.25. The number of benzene rings is 1. The lowest BCUT2D eigenvalue weighted by molar-refractivity contribution is -0.385. The number of rotatable bonds is 6. The van der Waals surface area contributed by atoms with Crippen LogP contribution in [-0.4, -0.2) is 37.3 Å². The molecule has 0 radical (unpaired) electrons. The molecule has 110 valence electrons. The Bertz CT molecular complexity index is 464. The summed E-state index contributed by atoms with van der Waals surface area (Å²) in [7, 11) is 0. The molecule has 1 aliphatic heterocycles. The van der Waals surface area contributed by atoms with Gasteiger partial charge in [-0.25, -0.2) is 4.39 Å². The summed E-state index contributed by atoms with van der Waals surface area (Å²) in [6, 6.07) is 3.56. The molecule has 0 aromatic heterocycles. The Hall–Kier alpha value is -1.73. The monoisotopic (exact) mass is 283 g/mol. The van der Waals surface area contributed by atoms with Gasteiger partial charge in [0, 0.05) is 12.6 Å². The van der Waals surface area contributed by atoms with Gasteiger partial charge in [-0.05, 0) is 32.0 Å². The van der Waals surface area contributed by atoms with Gasteiger partial charge >= 0.3 is 0 Å². The van der Waals surface area contributed by atoms with Gasteiger partial charge in [-0.3, -0.25) is 10.1 Å². The predicted octanol–water partition coefficient (Wildman–Crippen LogP) is 1.91. The molecule has 0 amide bonds. The highest BCUT2D eigenvalue weighted by molar-refractivity contribution is 5.50. The van der Waals surface area contributed by atoms with Crippen molar-refractivity contribution in [2.75, 3.05) is 31.6 Å². The van der Waals surface area contributed by atoms with Crippen LogP contribution >= 0.6 is 0 Å². The number of nitro benzene ring substituents is 1. The van der Waals surface area contributed by atoms with Crippen molar-refractivity contribution in [2.24, 2.45) is 0 Å². The SMILES string of the molecule is O=[N+]([O-])c1ccc(NCCOC2CCNCC2)c(F)c1. The molecule has 1 heterocycles. The van der Waals surface area contributed by atoms with E-state index in [-0.39, 0.29) is 17.5 Å². The van der Waals surface area contributed by atoms with Crippen LogP contribution in [0.4, 0.5) is 15.8 Å². The Morgan fingerprint density at radius 3 is 2.85 bits per heavy atom. The average molecular weight is 283 g/mol. The Morgan fingerprint density at radius 1 is 1.45 bits per heavy atom. The van der Waals surface area contributed by atoms with E-state index in [0.29, 0.717) is 13.2 Å². The van der Waals surface area contributed by atoms with E-state index >= 15 is 0 Å². The first-order chi connectivity index (χ1) is 9.66. The first kappa shape index (κ1) is 14.7. The Kier molecular flexibility index (Phi) is 5.25. The zero-order valence-corrected chi connectivity index (χ0v) is 11.1. The quantitative estimate of drug-likeness (QED) is 0.474. The molecule has 1 aliphatic rings. The molecular formula is C13H18FN3O3. The summed E-state index contributed by atoms with van der Waals surface area (Å²) in [6.45, 7) is 2.89. The minimum atomic E-state index is -0.624. The summed E-state index contributed by atoms with van der Waals surface area (Å²) in [5.74, 6) is -0.624. The van der Waals surface area contributed by atoms with Crippen LogP contribution in [0.1, 0.15) is 12.8 Å². The third-order valence-corrected chi connectivity index (χ3v) is 3.22. The molecule has 0 aliphatic carbocycles. The standard InChI is InChI=1S/C13H18FN3O3/c14-12-9-10(17(18)19)1-2-13(12)16-7-8-20-11-3-5-15-6-4-11/h1-2,9,11,15-16H,3-8H2. The van der Waals surface area contributed by atoms with Crippen molar-refractivity contribution in [3.05, 3.63) is 34.1 Å². The fraction of sp³-hybridized carbons (Fsp3) is 0.538. The van der Waals surface area contributed by atoms with E-state index in [2.05, 4.69) is 10.6 Å². The van der Waals surface area contributed by atoms with Crippen molar-refractivity contribution < 1.29 is 14.1 Å². The lowest BCUT2D eigenvalue weighted by Crippen LogP contribution is -2.33. The van der Waals surface area contributed by atoms with Gasteiger partial charge in [-0.15, -0.1) is 0 Å². The van der Waals surface area contributed by atoms with Crippen LogP contribution in [0.15, 0.2) is 18.2 Å². The van der Waals surface area contributed by atoms with Gasteiger partial charge in [-0.1, -0.05) is 0 Å². The second kappa shape index (κ2) is 7.16. The molecule has 7 heteroatoms. The second-order valence-corrected chi connectivity index (χ2v) is 4.67. The van der Waals surface area contributed by atoms with Crippen LogP contribution in [0.25, 0.3) is 0 Å². The van der Waals surface area contributed by atoms with E-state index in [1.807, 2.05) is 0 Å². The highest BCUT2D eigenvalue weighted by atomic mass is 19.1. The molecule has 1 fully saturated rings. The van der Waals surface area contributed by atoms with Gasteiger partial charge in [-0.2, -0.15) is 0 Å². The van der Waals surface area contributed by atoms with E-state index in [9.17, 15) is 14.5 Å². The number of piperidine rings is 1. The number of hydrogen-bond donors (Lipinski definition) is 2. The predicted molar refractivity (Wildman–Crippen MR) is 73.4 cm³/mol. The van der Waals surface area contributed by atoms with Gasteiger partial charge in [0.1, 0.15) is 0 Å². The summed E-state index contributed by atoms with van der Waals surface area (Å²) >= 11 is 0. The number of nitrogens with zero attached hydrogens (tertiary/aromatic N) is 1. The average Bonchev–Trinajstić information content (AvgIpc) is 2.46. The number of halogens is 1. The molecule has 2 rings (SSSR count). The molecule has 20 heavy (non-hydrogen) atoms. The molecule has 0 saturated carbocycles. The van der Waals surface area contributed by atoms with Crippen LogP contribution in [0.5, 0.6) is 0 Å². The van der Waals surface area contributed by atoms with E-state index < -0.39 is 10.7 Å². The van der Waals surface area contributed by atoms with Gasteiger partial charge in [0.05, 0.1) is 29.4 Å². The maximum Gasteiger partial charge on any atom is 0.272 e. The Balaban J connectivity index is 1.74. The summed E-state index contributed by atoms with van der Waals surface area (Å²) in [5, 5.41) is 16.6.